The highest BCUT2D eigenvalue weighted by Gasteiger charge is 2.40. The fourth-order valence-corrected chi connectivity index (χ4v) is 2.29. The molecule has 2 bridgehead atoms. The van der Waals surface area contributed by atoms with Gasteiger partial charge in [0.1, 0.15) is 0 Å². The number of amides is 1. The molecule has 7 heteroatoms. The van der Waals surface area contributed by atoms with Crippen LogP contribution in [0.4, 0.5) is 13.6 Å². The lowest BCUT2D eigenvalue weighted by molar-refractivity contribution is -0.177. The molecule has 2 heterocycles. The van der Waals surface area contributed by atoms with Crippen molar-refractivity contribution in [1.29, 1.82) is 0 Å². The molecule has 0 aromatic rings. The summed E-state index contributed by atoms with van der Waals surface area (Å²) in [5.74, 6) is 0. The first kappa shape index (κ1) is 11.5. The minimum atomic E-state index is -2.91. The topological polar surface area (TPSA) is 50.8 Å². The van der Waals surface area contributed by atoms with Crippen molar-refractivity contribution in [2.75, 3.05) is 19.9 Å². The normalized spacial score (nSPS) is 28.6. The van der Waals surface area contributed by atoms with Crippen LogP contribution in [-0.4, -0.2) is 49.6 Å². The van der Waals surface area contributed by atoms with Crippen LogP contribution >= 0.6 is 0 Å². The van der Waals surface area contributed by atoms with Gasteiger partial charge in [0.05, 0.1) is 0 Å². The summed E-state index contributed by atoms with van der Waals surface area (Å²) >= 11 is 0. The maximum Gasteiger partial charge on any atom is 0.412 e. The Morgan fingerprint density at radius 1 is 1.38 bits per heavy atom. The van der Waals surface area contributed by atoms with E-state index in [2.05, 4.69) is 14.8 Å². The molecule has 0 saturated carbocycles. The standard InChI is InChI=1S/C9H14F2N2O3/c10-8(11)15-5-16-9(14)13-6-1-2-7(13)4-12-3-6/h6-8,12H,1-5H2/t6-,7-/m0/s1. The summed E-state index contributed by atoms with van der Waals surface area (Å²) < 4.78 is 31.8. The fourth-order valence-electron chi connectivity index (χ4n) is 2.29. The van der Waals surface area contributed by atoms with E-state index >= 15 is 0 Å². The van der Waals surface area contributed by atoms with Crippen molar-refractivity contribution in [3.05, 3.63) is 0 Å². The highest BCUT2D eigenvalue weighted by molar-refractivity contribution is 5.69. The van der Waals surface area contributed by atoms with E-state index in [9.17, 15) is 13.6 Å². The van der Waals surface area contributed by atoms with Crippen molar-refractivity contribution >= 4 is 6.09 Å². The molecule has 5 nitrogen and oxygen atoms in total. The third kappa shape index (κ3) is 2.41. The smallest absolute Gasteiger partial charge is 0.412 e. The zero-order chi connectivity index (χ0) is 11.5. The van der Waals surface area contributed by atoms with Crippen LogP contribution in [0.5, 0.6) is 0 Å². The number of halogens is 2. The zero-order valence-electron chi connectivity index (χ0n) is 8.70. The highest BCUT2D eigenvalue weighted by atomic mass is 19.3. The lowest BCUT2D eigenvalue weighted by Gasteiger charge is -2.34. The van der Waals surface area contributed by atoms with Gasteiger partial charge < -0.3 is 10.1 Å². The second-order valence-corrected chi connectivity index (χ2v) is 3.91. The Bertz CT molecular complexity index is 249. The Morgan fingerprint density at radius 3 is 2.56 bits per heavy atom. The van der Waals surface area contributed by atoms with Crippen LogP contribution in [0.1, 0.15) is 12.8 Å². The number of carbonyl (C=O) groups excluding carboxylic acids is 1. The first-order valence-corrected chi connectivity index (χ1v) is 5.24. The van der Waals surface area contributed by atoms with E-state index in [1.807, 2.05) is 0 Å². The third-order valence-electron chi connectivity index (χ3n) is 2.97. The monoisotopic (exact) mass is 236 g/mol. The molecule has 0 aromatic carbocycles. The first-order chi connectivity index (χ1) is 7.68. The molecule has 0 aromatic heterocycles. The number of rotatable bonds is 3. The van der Waals surface area contributed by atoms with Gasteiger partial charge in [0, 0.05) is 25.2 Å². The Morgan fingerprint density at radius 2 is 2.00 bits per heavy atom. The van der Waals surface area contributed by atoms with Crippen LogP contribution in [0.2, 0.25) is 0 Å². The first-order valence-electron chi connectivity index (χ1n) is 5.24. The van der Waals surface area contributed by atoms with Gasteiger partial charge in [-0.2, -0.15) is 8.78 Å². The summed E-state index contributed by atoms with van der Waals surface area (Å²) in [6.45, 7) is -2.13. The van der Waals surface area contributed by atoms with Crippen molar-refractivity contribution in [1.82, 2.24) is 10.2 Å². The lowest BCUT2D eigenvalue weighted by Crippen LogP contribution is -2.54. The quantitative estimate of drug-likeness (QED) is 0.735. The molecule has 2 saturated heterocycles. The third-order valence-corrected chi connectivity index (χ3v) is 2.97. The van der Waals surface area contributed by atoms with Gasteiger partial charge in [0.15, 0.2) is 6.79 Å². The van der Waals surface area contributed by atoms with Gasteiger partial charge in [-0.1, -0.05) is 0 Å². The summed E-state index contributed by atoms with van der Waals surface area (Å²) in [7, 11) is 0. The average molecular weight is 236 g/mol. The molecule has 2 atom stereocenters. The summed E-state index contributed by atoms with van der Waals surface area (Å²) in [5.41, 5.74) is 0. The summed E-state index contributed by atoms with van der Waals surface area (Å²) in [6, 6.07) is 0.246. The van der Waals surface area contributed by atoms with Gasteiger partial charge in [-0.3, -0.25) is 9.64 Å². The van der Waals surface area contributed by atoms with E-state index in [4.69, 9.17) is 0 Å². The molecule has 0 radical (unpaired) electrons. The van der Waals surface area contributed by atoms with E-state index in [1.165, 1.54) is 0 Å². The molecule has 0 spiro atoms. The molecule has 2 aliphatic rings. The van der Waals surface area contributed by atoms with Crippen LogP contribution in [0.3, 0.4) is 0 Å². The Balaban J connectivity index is 1.80. The highest BCUT2D eigenvalue weighted by Crippen LogP contribution is 2.27. The predicted molar refractivity (Wildman–Crippen MR) is 50.0 cm³/mol. The van der Waals surface area contributed by atoms with E-state index in [0.29, 0.717) is 0 Å². The predicted octanol–water partition coefficient (Wildman–Crippen LogP) is 0.756. The summed E-state index contributed by atoms with van der Waals surface area (Å²) in [4.78, 5) is 13.2. The molecule has 2 aliphatic heterocycles. The maximum atomic E-state index is 11.7. The van der Waals surface area contributed by atoms with Crippen LogP contribution in [0, 0.1) is 0 Å². The molecule has 0 unspecified atom stereocenters. The average Bonchev–Trinajstić information content (AvgIpc) is 2.48. The van der Waals surface area contributed by atoms with Gasteiger partial charge in [-0.05, 0) is 12.8 Å². The van der Waals surface area contributed by atoms with Crippen molar-refractivity contribution < 1.29 is 23.0 Å². The number of fused-ring (bicyclic) bond motifs is 2. The second kappa shape index (κ2) is 4.92. The van der Waals surface area contributed by atoms with Crippen molar-refractivity contribution in [3.63, 3.8) is 0 Å². The van der Waals surface area contributed by atoms with Crippen LogP contribution < -0.4 is 5.32 Å². The van der Waals surface area contributed by atoms with E-state index in [-0.39, 0.29) is 12.1 Å². The molecule has 1 amide bonds. The molecule has 2 fully saturated rings. The number of hydrogen-bond acceptors (Lipinski definition) is 4. The molecular weight excluding hydrogens is 222 g/mol. The molecule has 2 rings (SSSR count). The number of ether oxygens (including phenoxy) is 2. The van der Waals surface area contributed by atoms with Gasteiger partial charge in [0.25, 0.3) is 0 Å². The number of nitrogens with one attached hydrogen (secondary N) is 1. The fraction of sp³-hybridized carbons (Fsp3) is 0.889. The van der Waals surface area contributed by atoms with Crippen LogP contribution in [0.25, 0.3) is 0 Å². The van der Waals surface area contributed by atoms with Gasteiger partial charge in [-0.15, -0.1) is 0 Å². The second-order valence-electron chi connectivity index (χ2n) is 3.91. The maximum absolute atomic E-state index is 11.7. The van der Waals surface area contributed by atoms with Crippen molar-refractivity contribution in [3.8, 4) is 0 Å². The largest absolute Gasteiger partial charge is 0.422 e. The van der Waals surface area contributed by atoms with E-state index in [0.717, 1.165) is 25.9 Å². The number of alkyl halides is 2. The summed E-state index contributed by atoms with van der Waals surface area (Å²) in [5, 5.41) is 3.21. The van der Waals surface area contributed by atoms with Crippen molar-refractivity contribution in [2.24, 2.45) is 0 Å². The van der Waals surface area contributed by atoms with Gasteiger partial charge >= 0.3 is 12.7 Å². The molecular formula is C9H14F2N2O3. The SMILES string of the molecule is O=C(OCOC(F)F)N1[C@H]2CC[C@H]1CNC2. The van der Waals surface area contributed by atoms with Crippen LogP contribution in [0.15, 0.2) is 0 Å². The molecule has 0 aliphatic carbocycles. The minimum absolute atomic E-state index is 0.123. The van der Waals surface area contributed by atoms with Crippen LogP contribution in [-0.2, 0) is 9.47 Å². The minimum Gasteiger partial charge on any atom is -0.422 e. The zero-order valence-corrected chi connectivity index (χ0v) is 8.70. The number of carbonyl (C=O) groups is 1. The molecule has 16 heavy (non-hydrogen) atoms. The molecule has 92 valence electrons. The lowest BCUT2D eigenvalue weighted by atomic mass is 10.2. The Hall–Kier alpha value is -0.950. The Kier molecular flexibility index (Phi) is 3.55. The van der Waals surface area contributed by atoms with Crippen molar-refractivity contribution in [2.45, 2.75) is 31.5 Å². The van der Waals surface area contributed by atoms with Gasteiger partial charge in [0.2, 0.25) is 0 Å². The number of hydrogen-bond donors (Lipinski definition) is 1. The number of piperazine rings is 1. The van der Waals surface area contributed by atoms with E-state index < -0.39 is 19.5 Å². The summed E-state index contributed by atoms with van der Waals surface area (Å²) in [6.07, 6.45) is 1.31. The number of nitrogens with zero attached hydrogens (tertiary/aromatic N) is 1. The molecule has 1 N–H and O–H groups in total. The van der Waals surface area contributed by atoms with Gasteiger partial charge in [-0.25, -0.2) is 4.79 Å². The Labute approximate surface area is 91.7 Å². The van der Waals surface area contributed by atoms with E-state index in [1.54, 1.807) is 4.90 Å².